The van der Waals surface area contributed by atoms with E-state index in [0.717, 1.165) is 62.9 Å². The van der Waals surface area contributed by atoms with E-state index < -0.39 is 5.97 Å². The van der Waals surface area contributed by atoms with E-state index in [9.17, 15) is 9.59 Å². The van der Waals surface area contributed by atoms with E-state index in [0.29, 0.717) is 24.6 Å². The molecular formula is C24H34N4O4. The fourth-order valence-electron chi connectivity index (χ4n) is 3.59. The van der Waals surface area contributed by atoms with E-state index in [1.807, 2.05) is 23.0 Å². The second-order valence-corrected chi connectivity index (χ2v) is 8.41. The molecule has 0 atom stereocenters. The van der Waals surface area contributed by atoms with Crippen LogP contribution < -0.4 is 5.32 Å². The van der Waals surface area contributed by atoms with E-state index in [1.54, 1.807) is 12.1 Å². The maximum absolute atomic E-state index is 12.0. The number of carbonyl (C=O) groups is 2. The number of aryl methyl sites for hydroxylation is 3. The van der Waals surface area contributed by atoms with Crippen molar-refractivity contribution in [2.45, 2.75) is 76.9 Å². The molecule has 0 aliphatic heterocycles. The summed E-state index contributed by atoms with van der Waals surface area (Å²) in [7, 11) is 0. The summed E-state index contributed by atoms with van der Waals surface area (Å²) >= 11 is 0. The van der Waals surface area contributed by atoms with Crippen LogP contribution >= 0.6 is 0 Å². The van der Waals surface area contributed by atoms with Gasteiger partial charge in [-0.05, 0) is 75.5 Å². The van der Waals surface area contributed by atoms with Crippen molar-refractivity contribution in [3.05, 3.63) is 47.3 Å². The number of benzene rings is 1. The maximum atomic E-state index is 12.0. The number of carbonyl (C=O) groups excluding carboxylic acids is 1. The molecule has 174 valence electrons. The first-order chi connectivity index (χ1) is 15.6. The maximum Gasteiger partial charge on any atom is 0.335 e. The standard InChI is InChI=1S/C24H34N4O4/c29-23(25-15-4-6-19-11-13-20(14-12-19)24(30)31)10-2-1-7-21-18-28(27-26-21)16-5-17-32-22-8-3-9-22/h11-14,18,22H,1-10,15-17H2,(H,25,29)(H,30,31). The summed E-state index contributed by atoms with van der Waals surface area (Å²) in [5, 5.41) is 20.3. The molecule has 3 rings (SSSR count). The first-order valence-electron chi connectivity index (χ1n) is 11.7. The number of amides is 1. The number of nitrogens with one attached hydrogen (secondary N) is 1. The van der Waals surface area contributed by atoms with Crippen molar-refractivity contribution in [2.24, 2.45) is 0 Å². The summed E-state index contributed by atoms with van der Waals surface area (Å²) < 4.78 is 7.64. The van der Waals surface area contributed by atoms with Gasteiger partial charge in [0.15, 0.2) is 0 Å². The van der Waals surface area contributed by atoms with Crippen molar-refractivity contribution in [2.75, 3.05) is 13.2 Å². The summed E-state index contributed by atoms with van der Waals surface area (Å²) in [6.07, 6.45) is 11.8. The largest absolute Gasteiger partial charge is 0.478 e. The van der Waals surface area contributed by atoms with Crippen LogP contribution in [-0.4, -0.2) is 51.2 Å². The molecule has 2 aromatic rings. The Balaban J connectivity index is 1.18. The zero-order valence-corrected chi connectivity index (χ0v) is 18.7. The summed E-state index contributed by atoms with van der Waals surface area (Å²) in [6, 6.07) is 6.87. The molecule has 0 bridgehead atoms. The number of hydrogen-bond donors (Lipinski definition) is 2. The molecule has 0 radical (unpaired) electrons. The average molecular weight is 443 g/mol. The lowest BCUT2D eigenvalue weighted by Gasteiger charge is -2.25. The molecule has 0 spiro atoms. The highest BCUT2D eigenvalue weighted by atomic mass is 16.5. The average Bonchev–Trinajstić information content (AvgIpc) is 3.21. The third-order valence-corrected chi connectivity index (χ3v) is 5.78. The quantitative estimate of drug-likeness (QED) is 0.410. The van der Waals surface area contributed by atoms with Gasteiger partial charge in [-0.2, -0.15) is 0 Å². The van der Waals surface area contributed by atoms with Gasteiger partial charge in [0, 0.05) is 32.3 Å². The highest BCUT2D eigenvalue weighted by Gasteiger charge is 2.17. The number of aromatic nitrogens is 3. The van der Waals surface area contributed by atoms with Gasteiger partial charge >= 0.3 is 5.97 Å². The minimum atomic E-state index is -0.919. The Bertz CT molecular complexity index is 846. The molecule has 1 aliphatic rings. The normalized spacial score (nSPS) is 13.6. The summed E-state index contributed by atoms with van der Waals surface area (Å²) in [5.74, 6) is -0.848. The molecule has 1 amide bonds. The second kappa shape index (κ2) is 13.0. The Morgan fingerprint density at radius 1 is 1.09 bits per heavy atom. The van der Waals surface area contributed by atoms with Crippen LogP contribution in [0.4, 0.5) is 0 Å². The first-order valence-corrected chi connectivity index (χ1v) is 11.7. The number of hydrogen-bond acceptors (Lipinski definition) is 5. The van der Waals surface area contributed by atoms with Crippen LogP contribution in [0.2, 0.25) is 0 Å². The van der Waals surface area contributed by atoms with Gasteiger partial charge in [0.1, 0.15) is 0 Å². The monoisotopic (exact) mass is 442 g/mol. The lowest BCUT2D eigenvalue weighted by Crippen LogP contribution is -2.24. The fraction of sp³-hybridized carbons (Fsp3) is 0.583. The van der Waals surface area contributed by atoms with Crippen molar-refractivity contribution in [1.82, 2.24) is 20.3 Å². The molecule has 32 heavy (non-hydrogen) atoms. The van der Waals surface area contributed by atoms with Crippen LogP contribution in [0, 0.1) is 0 Å². The Kier molecular flexibility index (Phi) is 9.68. The SMILES string of the molecule is O=C(CCCCc1cn(CCCOC2CCC2)nn1)NCCCc1ccc(C(=O)O)cc1. The Morgan fingerprint density at radius 2 is 1.91 bits per heavy atom. The Morgan fingerprint density at radius 3 is 2.62 bits per heavy atom. The van der Waals surface area contributed by atoms with Gasteiger partial charge < -0.3 is 15.2 Å². The zero-order valence-electron chi connectivity index (χ0n) is 18.7. The van der Waals surface area contributed by atoms with E-state index in [-0.39, 0.29) is 5.91 Å². The van der Waals surface area contributed by atoms with Crippen LogP contribution in [0.1, 0.15) is 73.0 Å². The molecule has 0 saturated heterocycles. The van der Waals surface area contributed by atoms with Crippen LogP contribution in [0.5, 0.6) is 0 Å². The van der Waals surface area contributed by atoms with Crippen molar-refractivity contribution in [3.63, 3.8) is 0 Å². The molecule has 1 fully saturated rings. The van der Waals surface area contributed by atoms with E-state index >= 15 is 0 Å². The van der Waals surface area contributed by atoms with Gasteiger partial charge in [0.05, 0.1) is 17.4 Å². The van der Waals surface area contributed by atoms with Crippen molar-refractivity contribution in [3.8, 4) is 0 Å². The minimum Gasteiger partial charge on any atom is -0.478 e. The van der Waals surface area contributed by atoms with E-state index in [4.69, 9.17) is 9.84 Å². The lowest BCUT2D eigenvalue weighted by molar-refractivity contribution is -0.121. The van der Waals surface area contributed by atoms with Crippen LogP contribution in [0.15, 0.2) is 30.5 Å². The number of ether oxygens (including phenoxy) is 1. The number of unbranched alkanes of at least 4 members (excludes halogenated alkanes) is 1. The number of rotatable bonds is 15. The van der Waals surface area contributed by atoms with Gasteiger partial charge in [-0.15, -0.1) is 5.10 Å². The molecule has 1 aliphatic carbocycles. The molecule has 8 heteroatoms. The van der Waals surface area contributed by atoms with Crippen LogP contribution in [-0.2, 0) is 28.9 Å². The van der Waals surface area contributed by atoms with Crippen molar-refractivity contribution < 1.29 is 19.4 Å². The van der Waals surface area contributed by atoms with Crippen molar-refractivity contribution in [1.29, 1.82) is 0 Å². The summed E-state index contributed by atoms with van der Waals surface area (Å²) in [5.41, 5.74) is 2.33. The molecule has 1 aromatic carbocycles. The molecule has 1 saturated carbocycles. The van der Waals surface area contributed by atoms with Gasteiger partial charge in [-0.1, -0.05) is 17.3 Å². The minimum absolute atomic E-state index is 0.0707. The molecule has 1 heterocycles. The third-order valence-electron chi connectivity index (χ3n) is 5.78. The lowest BCUT2D eigenvalue weighted by atomic mass is 9.96. The Hall–Kier alpha value is -2.74. The summed E-state index contributed by atoms with van der Waals surface area (Å²) in [6.45, 7) is 2.23. The molecule has 1 aromatic heterocycles. The van der Waals surface area contributed by atoms with E-state index in [2.05, 4.69) is 15.6 Å². The van der Waals surface area contributed by atoms with Gasteiger partial charge in [-0.25, -0.2) is 4.79 Å². The van der Waals surface area contributed by atoms with Crippen LogP contribution in [0.25, 0.3) is 0 Å². The predicted octanol–water partition coefficient (Wildman–Crippen LogP) is 3.40. The molecular weight excluding hydrogens is 408 g/mol. The summed E-state index contributed by atoms with van der Waals surface area (Å²) in [4.78, 5) is 22.8. The second-order valence-electron chi connectivity index (χ2n) is 8.41. The number of carboxylic acids is 1. The molecule has 2 N–H and O–H groups in total. The number of nitrogens with zero attached hydrogens (tertiary/aromatic N) is 3. The first kappa shape index (κ1) is 23.9. The van der Waals surface area contributed by atoms with Crippen molar-refractivity contribution >= 4 is 11.9 Å². The number of aromatic carboxylic acids is 1. The Labute approximate surface area is 189 Å². The highest BCUT2D eigenvalue weighted by Crippen LogP contribution is 2.21. The van der Waals surface area contributed by atoms with E-state index in [1.165, 1.54) is 19.3 Å². The van der Waals surface area contributed by atoms with Crippen LogP contribution in [0.3, 0.4) is 0 Å². The fourth-order valence-corrected chi connectivity index (χ4v) is 3.59. The van der Waals surface area contributed by atoms with Gasteiger partial charge in [0.2, 0.25) is 5.91 Å². The smallest absolute Gasteiger partial charge is 0.335 e. The molecule has 0 unspecified atom stereocenters. The van der Waals surface area contributed by atoms with Gasteiger partial charge in [-0.3, -0.25) is 9.48 Å². The predicted molar refractivity (Wildman–Crippen MR) is 121 cm³/mol. The van der Waals surface area contributed by atoms with Gasteiger partial charge in [0.25, 0.3) is 0 Å². The molecule has 8 nitrogen and oxygen atoms in total. The highest BCUT2D eigenvalue weighted by molar-refractivity contribution is 5.87. The topological polar surface area (TPSA) is 106 Å². The zero-order chi connectivity index (χ0) is 22.6. The third kappa shape index (κ3) is 8.42. The number of carboxylic acid groups (broad SMARTS) is 1.